The molecule has 9 heteroatoms. The Morgan fingerprint density at radius 2 is 1.89 bits per heavy atom. The third kappa shape index (κ3) is 5.71. The zero-order chi connectivity index (χ0) is 25.9. The van der Waals surface area contributed by atoms with Gasteiger partial charge in [-0.1, -0.05) is 18.2 Å². The number of aryl methyl sites for hydroxylation is 1. The van der Waals surface area contributed by atoms with Crippen LogP contribution in [0.2, 0.25) is 0 Å². The fourth-order valence-corrected chi connectivity index (χ4v) is 4.57. The van der Waals surface area contributed by atoms with Gasteiger partial charge in [0.1, 0.15) is 17.2 Å². The highest BCUT2D eigenvalue weighted by Gasteiger charge is 2.28. The van der Waals surface area contributed by atoms with E-state index in [2.05, 4.69) is 20.3 Å². The van der Waals surface area contributed by atoms with Gasteiger partial charge in [-0.2, -0.15) is 0 Å². The fraction of sp³-hybridized carbons (Fsp3) is 0.357. The topological polar surface area (TPSA) is 84.5 Å². The predicted molar refractivity (Wildman–Crippen MR) is 140 cm³/mol. The Bertz CT molecular complexity index is 1460. The first-order chi connectivity index (χ1) is 17.9. The van der Waals surface area contributed by atoms with Crippen molar-refractivity contribution in [3.05, 3.63) is 93.9 Å². The first-order valence-corrected chi connectivity index (χ1v) is 12.7. The lowest BCUT2D eigenvalue weighted by molar-refractivity contribution is 0.0938. The van der Waals surface area contributed by atoms with Crippen molar-refractivity contribution in [3.63, 3.8) is 0 Å². The molecule has 1 atom stereocenters. The molecular formula is C28H31FN6O2. The Morgan fingerprint density at radius 1 is 1.11 bits per heavy atom. The lowest BCUT2D eigenvalue weighted by Gasteiger charge is -2.18. The van der Waals surface area contributed by atoms with Crippen LogP contribution in [0.1, 0.15) is 40.9 Å². The summed E-state index contributed by atoms with van der Waals surface area (Å²) in [7, 11) is 0. The van der Waals surface area contributed by atoms with E-state index >= 15 is 0 Å². The van der Waals surface area contributed by atoms with Gasteiger partial charge < -0.3 is 14.8 Å². The summed E-state index contributed by atoms with van der Waals surface area (Å²) in [5, 5.41) is 7.65. The molecule has 2 aliphatic rings. The van der Waals surface area contributed by atoms with E-state index in [0.717, 1.165) is 48.5 Å². The Hall–Kier alpha value is -4.01. The van der Waals surface area contributed by atoms with Crippen LogP contribution in [0.25, 0.3) is 5.65 Å². The molecule has 1 aromatic carbocycles. The second-order valence-corrected chi connectivity index (χ2v) is 9.81. The fourth-order valence-electron chi connectivity index (χ4n) is 4.57. The molecule has 1 aliphatic heterocycles. The number of benzene rings is 1. The maximum atomic E-state index is 13.0. The Morgan fingerprint density at radius 3 is 2.59 bits per heavy atom. The van der Waals surface area contributed by atoms with E-state index in [0.29, 0.717) is 19.0 Å². The maximum Gasteiger partial charge on any atom is 0.263 e. The van der Waals surface area contributed by atoms with E-state index in [4.69, 9.17) is 0 Å². The van der Waals surface area contributed by atoms with Gasteiger partial charge in [-0.3, -0.25) is 9.59 Å². The second kappa shape index (κ2) is 10.5. The molecule has 4 aromatic rings. The first kappa shape index (κ1) is 24.7. The molecule has 6 rings (SSSR count). The van der Waals surface area contributed by atoms with Gasteiger partial charge in [0.25, 0.3) is 11.5 Å². The SMILES string of the molecule is Cc1cc(C(=O)N[C@H]2CCN(c3ccc4nccn4n3)C2)c(=O)n(CC2CC2)c1C.Fc1ccccc1. The van der Waals surface area contributed by atoms with Crippen molar-refractivity contribution < 1.29 is 9.18 Å². The number of hydrogen-bond acceptors (Lipinski definition) is 5. The zero-order valence-corrected chi connectivity index (χ0v) is 21.1. The Kier molecular flexibility index (Phi) is 7.03. The monoisotopic (exact) mass is 502 g/mol. The molecule has 0 spiro atoms. The van der Waals surface area contributed by atoms with Crippen LogP contribution in [-0.2, 0) is 6.54 Å². The predicted octanol–water partition coefficient (Wildman–Crippen LogP) is 3.75. The summed E-state index contributed by atoms with van der Waals surface area (Å²) in [5.41, 5.74) is 2.81. The first-order valence-electron chi connectivity index (χ1n) is 12.7. The van der Waals surface area contributed by atoms with Gasteiger partial charge in [-0.05, 0) is 74.9 Å². The van der Waals surface area contributed by atoms with Crippen LogP contribution >= 0.6 is 0 Å². The second-order valence-electron chi connectivity index (χ2n) is 9.81. The average Bonchev–Trinajstić information content (AvgIpc) is 3.38. The number of fused-ring (bicyclic) bond motifs is 1. The molecule has 0 bridgehead atoms. The van der Waals surface area contributed by atoms with Gasteiger partial charge in [-0.25, -0.2) is 13.9 Å². The number of nitrogens with zero attached hydrogens (tertiary/aromatic N) is 5. The van der Waals surface area contributed by atoms with Crippen LogP contribution in [0.3, 0.4) is 0 Å². The summed E-state index contributed by atoms with van der Waals surface area (Å²) >= 11 is 0. The maximum absolute atomic E-state index is 13.0. The van der Waals surface area contributed by atoms with E-state index in [1.807, 2.05) is 32.2 Å². The molecule has 2 fully saturated rings. The highest BCUT2D eigenvalue weighted by Crippen LogP contribution is 2.30. The van der Waals surface area contributed by atoms with Crippen molar-refractivity contribution >= 4 is 17.4 Å². The smallest absolute Gasteiger partial charge is 0.263 e. The molecule has 1 saturated heterocycles. The van der Waals surface area contributed by atoms with Gasteiger partial charge in [0.05, 0.1) is 0 Å². The van der Waals surface area contributed by atoms with Gasteiger partial charge >= 0.3 is 0 Å². The van der Waals surface area contributed by atoms with Crippen LogP contribution in [-0.4, -0.2) is 44.2 Å². The average molecular weight is 503 g/mol. The van der Waals surface area contributed by atoms with Crippen molar-refractivity contribution in [3.8, 4) is 0 Å². The molecule has 1 saturated carbocycles. The van der Waals surface area contributed by atoms with Crippen molar-refractivity contribution in [1.29, 1.82) is 0 Å². The highest BCUT2D eigenvalue weighted by molar-refractivity contribution is 5.94. The normalized spacial score (nSPS) is 16.9. The van der Waals surface area contributed by atoms with Crippen LogP contribution in [0.5, 0.6) is 0 Å². The number of amides is 1. The molecule has 1 aliphatic carbocycles. The largest absolute Gasteiger partial charge is 0.353 e. The van der Waals surface area contributed by atoms with Crippen molar-refractivity contribution in [1.82, 2.24) is 24.5 Å². The Balaban J connectivity index is 0.000000348. The van der Waals surface area contributed by atoms with Gasteiger partial charge in [0.15, 0.2) is 5.65 Å². The number of pyridine rings is 1. The van der Waals surface area contributed by atoms with Crippen molar-refractivity contribution in [2.75, 3.05) is 18.0 Å². The van der Waals surface area contributed by atoms with Crippen LogP contribution in [0.15, 0.2) is 65.7 Å². The van der Waals surface area contributed by atoms with E-state index in [9.17, 15) is 14.0 Å². The molecule has 8 nitrogen and oxygen atoms in total. The van der Waals surface area contributed by atoms with E-state index in [1.54, 1.807) is 39.5 Å². The summed E-state index contributed by atoms with van der Waals surface area (Å²) in [4.78, 5) is 32.3. The molecule has 37 heavy (non-hydrogen) atoms. The zero-order valence-electron chi connectivity index (χ0n) is 21.1. The number of carbonyl (C=O) groups is 1. The summed E-state index contributed by atoms with van der Waals surface area (Å²) in [6, 6.07) is 13.5. The molecule has 1 amide bonds. The number of hydrogen-bond donors (Lipinski definition) is 1. The van der Waals surface area contributed by atoms with E-state index < -0.39 is 0 Å². The van der Waals surface area contributed by atoms with Crippen molar-refractivity contribution in [2.24, 2.45) is 5.92 Å². The van der Waals surface area contributed by atoms with Gasteiger partial charge in [-0.15, -0.1) is 5.10 Å². The number of anilines is 1. The summed E-state index contributed by atoms with van der Waals surface area (Å²) in [6.07, 6.45) is 6.69. The Labute approximate surface area is 214 Å². The van der Waals surface area contributed by atoms with Gasteiger partial charge in [0, 0.05) is 43.8 Å². The minimum absolute atomic E-state index is 0.0179. The quantitative estimate of drug-likeness (QED) is 0.449. The van der Waals surface area contributed by atoms with Crippen LogP contribution < -0.4 is 15.8 Å². The number of rotatable bonds is 5. The van der Waals surface area contributed by atoms with E-state index in [1.165, 1.54) is 12.1 Å². The molecule has 0 radical (unpaired) electrons. The molecule has 3 aromatic heterocycles. The summed E-state index contributed by atoms with van der Waals surface area (Å²) in [6.45, 7) is 6.10. The van der Waals surface area contributed by atoms with Crippen LogP contribution in [0, 0.1) is 25.6 Å². The molecule has 192 valence electrons. The minimum Gasteiger partial charge on any atom is -0.353 e. The highest BCUT2D eigenvalue weighted by atomic mass is 19.1. The third-order valence-corrected chi connectivity index (χ3v) is 7.02. The molecule has 4 heterocycles. The summed E-state index contributed by atoms with van der Waals surface area (Å²) in [5.74, 6) is 0.970. The number of carbonyl (C=O) groups excluding carboxylic acids is 1. The lowest BCUT2D eigenvalue weighted by Crippen LogP contribution is -2.41. The number of aromatic nitrogens is 4. The minimum atomic E-state index is -0.280. The standard InChI is InChI=1S/C22H26N6O2.C6H5F/c1-14-11-18(22(30)27(15(14)2)12-16-3-4-16)21(29)24-17-7-9-26(13-17)20-6-5-19-23-8-10-28(19)25-20;7-6-4-2-1-3-5-6/h5-6,8,10-11,16-17H,3-4,7,9,12-13H2,1-2H3,(H,24,29);1-5H/t17-;/m0./s1. The van der Waals surface area contributed by atoms with E-state index in [-0.39, 0.29) is 28.9 Å². The van der Waals surface area contributed by atoms with Crippen molar-refractivity contribution in [2.45, 2.75) is 45.7 Å². The summed E-state index contributed by atoms with van der Waals surface area (Å²) < 4.78 is 15.4. The van der Waals surface area contributed by atoms with Crippen LogP contribution in [0.4, 0.5) is 10.2 Å². The lowest BCUT2D eigenvalue weighted by atomic mass is 10.1. The molecular weight excluding hydrogens is 471 g/mol. The third-order valence-electron chi connectivity index (χ3n) is 7.02. The van der Waals surface area contributed by atoms with Gasteiger partial charge in [0.2, 0.25) is 0 Å². The number of halogens is 1. The number of nitrogens with one attached hydrogen (secondary N) is 1. The number of imidazole rings is 1. The molecule has 0 unspecified atom stereocenters. The molecule has 1 N–H and O–H groups in total.